The van der Waals surface area contributed by atoms with Crippen LogP contribution in [0, 0.1) is 6.92 Å². The predicted molar refractivity (Wildman–Crippen MR) is 69.9 cm³/mol. The van der Waals surface area contributed by atoms with Crippen molar-refractivity contribution in [2.24, 2.45) is 4.99 Å². The van der Waals surface area contributed by atoms with E-state index in [0.29, 0.717) is 11.1 Å². The van der Waals surface area contributed by atoms with Gasteiger partial charge in [-0.1, -0.05) is 24.3 Å². The Balaban J connectivity index is 2.25. The monoisotopic (exact) mass is 263 g/mol. The minimum absolute atomic E-state index is 0.550. The molecule has 4 heteroatoms. The molecule has 1 nitrogen and oxygen atoms in total. The second-order valence-corrected chi connectivity index (χ2v) is 4.16. The van der Waals surface area contributed by atoms with Crippen LogP contribution in [0.15, 0.2) is 53.5 Å². The van der Waals surface area contributed by atoms with Crippen LogP contribution in [-0.4, -0.2) is 6.21 Å². The highest BCUT2D eigenvalue weighted by atomic mass is 19.4. The molecule has 0 aromatic heterocycles. The van der Waals surface area contributed by atoms with Crippen LogP contribution in [0.3, 0.4) is 0 Å². The van der Waals surface area contributed by atoms with Crippen LogP contribution in [0.25, 0.3) is 0 Å². The minimum atomic E-state index is -4.31. The van der Waals surface area contributed by atoms with Gasteiger partial charge in [-0.2, -0.15) is 13.2 Å². The van der Waals surface area contributed by atoms with Gasteiger partial charge in [0.25, 0.3) is 0 Å². The fraction of sp³-hybridized carbons (Fsp3) is 0.133. The van der Waals surface area contributed by atoms with Gasteiger partial charge in [0.15, 0.2) is 0 Å². The van der Waals surface area contributed by atoms with Crippen molar-refractivity contribution in [3.8, 4) is 0 Å². The highest BCUT2D eigenvalue weighted by molar-refractivity contribution is 5.83. The smallest absolute Gasteiger partial charge is 0.256 e. The summed E-state index contributed by atoms with van der Waals surface area (Å²) >= 11 is 0. The highest BCUT2D eigenvalue weighted by Crippen LogP contribution is 2.30. The van der Waals surface area contributed by atoms with Gasteiger partial charge in [0, 0.05) is 6.21 Å². The first-order valence-corrected chi connectivity index (χ1v) is 5.74. The van der Waals surface area contributed by atoms with E-state index < -0.39 is 11.7 Å². The summed E-state index contributed by atoms with van der Waals surface area (Å²) in [7, 11) is 0. The fourth-order valence-corrected chi connectivity index (χ4v) is 1.66. The van der Waals surface area contributed by atoms with Crippen LogP contribution in [-0.2, 0) is 6.18 Å². The van der Waals surface area contributed by atoms with E-state index in [2.05, 4.69) is 4.99 Å². The molecule has 0 atom stereocenters. The Morgan fingerprint density at radius 2 is 1.68 bits per heavy atom. The van der Waals surface area contributed by atoms with Gasteiger partial charge in [0.05, 0.1) is 11.3 Å². The zero-order valence-electron chi connectivity index (χ0n) is 10.3. The third-order valence-corrected chi connectivity index (χ3v) is 2.71. The van der Waals surface area contributed by atoms with E-state index >= 15 is 0 Å². The van der Waals surface area contributed by atoms with Gasteiger partial charge in [-0.05, 0) is 42.3 Å². The molecule has 0 unspecified atom stereocenters. The Hall–Kier alpha value is -2.10. The number of benzene rings is 2. The van der Waals surface area contributed by atoms with Gasteiger partial charge in [0.1, 0.15) is 0 Å². The Bertz CT molecular complexity index is 586. The summed E-state index contributed by atoms with van der Waals surface area (Å²) in [5, 5.41) is 0. The van der Waals surface area contributed by atoms with Crippen LogP contribution in [0.5, 0.6) is 0 Å². The molecule has 19 heavy (non-hydrogen) atoms. The molecule has 0 saturated carbocycles. The first kappa shape index (κ1) is 13.3. The molecule has 0 N–H and O–H groups in total. The molecular formula is C15H12F3N. The van der Waals surface area contributed by atoms with Crippen LogP contribution < -0.4 is 0 Å². The lowest BCUT2D eigenvalue weighted by molar-refractivity contribution is -0.137. The van der Waals surface area contributed by atoms with Gasteiger partial charge in [0.2, 0.25) is 0 Å². The van der Waals surface area contributed by atoms with E-state index in [1.807, 2.05) is 30.3 Å². The molecule has 2 aromatic rings. The second-order valence-electron chi connectivity index (χ2n) is 4.16. The topological polar surface area (TPSA) is 12.4 Å². The van der Waals surface area contributed by atoms with E-state index in [1.54, 1.807) is 13.1 Å². The lowest BCUT2D eigenvalue weighted by Crippen LogP contribution is -2.05. The maximum absolute atomic E-state index is 12.5. The maximum atomic E-state index is 12.5. The van der Waals surface area contributed by atoms with Crippen molar-refractivity contribution in [3.63, 3.8) is 0 Å². The number of alkyl halides is 3. The third kappa shape index (κ3) is 3.44. The quantitative estimate of drug-likeness (QED) is 0.692. The van der Waals surface area contributed by atoms with Crippen molar-refractivity contribution in [1.82, 2.24) is 0 Å². The average Bonchev–Trinajstić information content (AvgIpc) is 2.37. The summed E-state index contributed by atoms with van der Waals surface area (Å²) in [4.78, 5) is 4.22. The standard InChI is InChI=1S/C15H12F3N/c1-11-9-13(15(16,17)18)8-7-12(11)10-19-14-5-3-2-4-6-14/h2-10H,1H3. The number of nitrogens with zero attached hydrogens (tertiary/aromatic N) is 1. The van der Waals surface area contributed by atoms with Crippen molar-refractivity contribution < 1.29 is 13.2 Å². The average molecular weight is 263 g/mol. The number of aryl methyl sites for hydroxylation is 1. The first-order chi connectivity index (χ1) is 8.97. The molecule has 2 aromatic carbocycles. The molecule has 0 fully saturated rings. The Labute approximate surface area is 109 Å². The normalized spacial score (nSPS) is 12.0. The number of aliphatic imine (C=N–C) groups is 1. The van der Waals surface area contributed by atoms with Gasteiger partial charge >= 0.3 is 6.18 Å². The second kappa shape index (κ2) is 5.26. The predicted octanol–water partition coefficient (Wildman–Crippen LogP) is 4.76. The van der Waals surface area contributed by atoms with Crippen molar-refractivity contribution >= 4 is 11.9 Å². The summed E-state index contributed by atoms with van der Waals surface area (Å²) in [6.07, 6.45) is -2.73. The molecule has 0 aliphatic heterocycles. The molecule has 0 radical (unpaired) electrons. The highest BCUT2D eigenvalue weighted by Gasteiger charge is 2.30. The third-order valence-electron chi connectivity index (χ3n) is 2.71. The SMILES string of the molecule is Cc1cc(C(F)(F)F)ccc1C=Nc1ccccc1. The molecule has 0 aliphatic carbocycles. The summed E-state index contributed by atoms with van der Waals surface area (Å²) in [5.41, 5.74) is 1.36. The van der Waals surface area contributed by atoms with Crippen molar-refractivity contribution in [2.45, 2.75) is 13.1 Å². The Kier molecular flexibility index (Phi) is 3.69. The van der Waals surface area contributed by atoms with E-state index in [0.717, 1.165) is 17.8 Å². The van der Waals surface area contributed by atoms with Gasteiger partial charge in [-0.15, -0.1) is 0 Å². The van der Waals surface area contributed by atoms with Crippen LogP contribution >= 0.6 is 0 Å². The van der Waals surface area contributed by atoms with Crippen molar-refractivity contribution in [3.05, 3.63) is 65.2 Å². The largest absolute Gasteiger partial charge is 0.416 e. The lowest BCUT2D eigenvalue weighted by atomic mass is 10.1. The molecular weight excluding hydrogens is 251 g/mol. The maximum Gasteiger partial charge on any atom is 0.416 e. The molecule has 2 rings (SSSR count). The molecule has 0 heterocycles. The first-order valence-electron chi connectivity index (χ1n) is 5.74. The summed E-state index contributed by atoms with van der Waals surface area (Å²) in [6, 6.07) is 12.9. The molecule has 0 amide bonds. The zero-order chi connectivity index (χ0) is 13.9. The summed E-state index contributed by atoms with van der Waals surface area (Å²) < 4.78 is 37.6. The minimum Gasteiger partial charge on any atom is -0.256 e. The molecule has 98 valence electrons. The number of halogens is 3. The van der Waals surface area contributed by atoms with Gasteiger partial charge in [-0.3, -0.25) is 4.99 Å². The van der Waals surface area contributed by atoms with Crippen molar-refractivity contribution in [2.75, 3.05) is 0 Å². The van der Waals surface area contributed by atoms with E-state index in [1.165, 1.54) is 6.07 Å². The molecule has 0 spiro atoms. The van der Waals surface area contributed by atoms with Crippen LogP contribution in [0.1, 0.15) is 16.7 Å². The van der Waals surface area contributed by atoms with Gasteiger partial charge < -0.3 is 0 Å². The fourth-order valence-electron chi connectivity index (χ4n) is 1.66. The molecule has 0 saturated heterocycles. The number of hydrogen-bond donors (Lipinski definition) is 0. The van der Waals surface area contributed by atoms with E-state index in [9.17, 15) is 13.2 Å². The summed E-state index contributed by atoms with van der Waals surface area (Å²) in [6.45, 7) is 1.64. The Morgan fingerprint density at radius 3 is 2.26 bits per heavy atom. The Morgan fingerprint density at radius 1 is 1.00 bits per heavy atom. The number of para-hydroxylation sites is 1. The number of hydrogen-bond acceptors (Lipinski definition) is 1. The summed E-state index contributed by atoms with van der Waals surface area (Å²) in [5.74, 6) is 0. The van der Waals surface area contributed by atoms with Crippen LogP contribution in [0.2, 0.25) is 0 Å². The molecule has 0 aliphatic rings. The van der Waals surface area contributed by atoms with Crippen LogP contribution in [0.4, 0.5) is 18.9 Å². The van der Waals surface area contributed by atoms with E-state index in [4.69, 9.17) is 0 Å². The van der Waals surface area contributed by atoms with Gasteiger partial charge in [-0.25, -0.2) is 0 Å². The molecule has 0 bridgehead atoms. The van der Waals surface area contributed by atoms with E-state index in [-0.39, 0.29) is 0 Å². The lowest BCUT2D eigenvalue weighted by Gasteiger charge is -2.08. The van der Waals surface area contributed by atoms with Crippen molar-refractivity contribution in [1.29, 1.82) is 0 Å². The number of rotatable bonds is 2. The zero-order valence-corrected chi connectivity index (χ0v) is 10.3.